The number of carbonyl (C=O) groups excluding carboxylic acids is 1. The first kappa shape index (κ1) is 8.17. The smallest absolute Gasteiger partial charge is 0.192 e. The predicted molar refractivity (Wildman–Crippen MR) is 49.9 cm³/mol. The molecule has 1 heterocycles. The summed E-state index contributed by atoms with van der Waals surface area (Å²) in [7, 11) is -3.37. The zero-order chi connectivity index (χ0) is 9.97. The summed E-state index contributed by atoms with van der Waals surface area (Å²) in [4.78, 5) is 12.0. The molecule has 0 atom stereocenters. The Kier molecular flexibility index (Phi) is 1.22. The van der Waals surface area contributed by atoms with Crippen molar-refractivity contribution in [1.29, 1.82) is 0 Å². The van der Waals surface area contributed by atoms with Crippen LogP contribution in [0.3, 0.4) is 0 Å². The molecule has 3 nitrogen and oxygen atoms in total. The van der Waals surface area contributed by atoms with Crippen LogP contribution in [0.15, 0.2) is 29.2 Å². The molecule has 2 aliphatic rings. The first-order valence-corrected chi connectivity index (χ1v) is 5.96. The van der Waals surface area contributed by atoms with Crippen molar-refractivity contribution in [3.63, 3.8) is 0 Å². The highest BCUT2D eigenvalue weighted by atomic mass is 32.2. The molecule has 1 aliphatic heterocycles. The Balaban J connectivity index is 2.42. The minimum atomic E-state index is -3.37. The number of rotatable bonds is 0. The third-order valence-electron chi connectivity index (χ3n) is 3.05. The summed E-state index contributed by atoms with van der Waals surface area (Å²) in [5.74, 6) is -0.201. The summed E-state index contributed by atoms with van der Waals surface area (Å²) in [5.41, 5.74) is 0.380. The van der Waals surface area contributed by atoms with E-state index in [0.29, 0.717) is 18.4 Å². The lowest BCUT2D eigenvalue weighted by atomic mass is 10.1. The van der Waals surface area contributed by atoms with Gasteiger partial charge in [-0.1, -0.05) is 18.2 Å². The minimum Gasteiger partial charge on any atom is -0.292 e. The van der Waals surface area contributed by atoms with Crippen LogP contribution < -0.4 is 0 Å². The lowest BCUT2D eigenvalue weighted by Gasteiger charge is -2.01. The summed E-state index contributed by atoms with van der Waals surface area (Å²) < 4.78 is 22.9. The second-order valence-corrected chi connectivity index (χ2v) is 6.05. The number of Topliss-reactive ketones (excluding diaryl/α,β-unsaturated/α-hetero) is 1. The van der Waals surface area contributed by atoms with Crippen LogP contribution >= 0.6 is 0 Å². The summed E-state index contributed by atoms with van der Waals surface area (Å²) in [6.45, 7) is 0. The average molecular weight is 208 g/mol. The van der Waals surface area contributed by atoms with Crippen LogP contribution in [0.1, 0.15) is 23.2 Å². The van der Waals surface area contributed by atoms with Gasteiger partial charge in [0, 0.05) is 5.56 Å². The first-order valence-electron chi connectivity index (χ1n) is 4.48. The van der Waals surface area contributed by atoms with E-state index in [1.54, 1.807) is 18.2 Å². The lowest BCUT2D eigenvalue weighted by Crippen LogP contribution is -2.24. The van der Waals surface area contributed by atoms with Gasteiger partial charge < -0.3 is 0 Å². The molecule has 1 aromatic rings. The molecule has 72 valence electrons. The maximum Gasteiger partial charge on any atom is 0.192 e. The summed E-state index contributed by atoms with van der Waals surface area (Å²) >= 11 is 0. The normalized spacial score (nSPS) is 25.0. The molecular weight excluding hydrogens is 200 g/mol. The maximum absolute atomic E-state index is 12.0. The third kappa shape index (κ3) is 0.661. The van der Waals surface area contributed by atoms with Crippen molar-refractivity contribution in [2.75, 3.05) is 0 Å². The summed E-state index contributed by atoms with van der Waals surface area (Å²) in [6, 6.07) is 6.48. The fraction of sp³-hybridized carbons (Fsp3) is 0.300. The van der Waals surface area contributed by atoms with Gasteiger partial charge in [-0.05, 0) is 18.9 Å². The van der Waals surface area contributed by atoms with Crippen LogP contribution in [0.5, 0.6) is 0 Å². The van der Waals surface area contributed by atoms with Gasteiger partial charge in [-0.25, -0.2) is 8.42 Å². The quantitative estimate of drug-likeness (QED) is 0.643. The van der Waals surface area contributed by atoms with E-state index in [1.807, 2.05) is 0 Å². The van der Waals surface area contributed by atoms with Gasteiger partial charge >= 0.3 is 0 Å². The topological polar surface area (TPSA) is 51.2 Å². The second kappa shape index (κ2) is 2.08. The standard InChI is InChI=1S/C10H8O3S/c11-9-7-3-1-2-4-8(7)14(12,13)10(9)5-6-10/h1-4H,5-6H2. The van der Waals surface area contributed by atoms with Gasteiger partial charge in [0.25, 0.3) is 0 Å². The van der Waals surface area contributed by atoms with E-state index in [-0.39, 0.29) is 10.7 Å². The highest BCUT2D eigenvalue weighted by Gasteiger charge is 2.65. The van der Waals surface area contributed by atoms with Crippen LogP contribution in [0.25, 0.3) is 0 Å². The van der Waals surface area contributed by atoms with E-state index in [9.17, 15) is 13.2 Å². The maximum atomic E-state index is 12.0. The van der Waals surface area contributed by atoms with Crippen LogP contribution in [-0.4, -0.2) is 18.9 Å². The number of sulfone groups is 1. The van der Waals surface area contributed by atoms with Crippen molar-refractivity contribution in [2.24, 2.45) is 0 Å². The SMILES string of the molecule is O=C1c2ccccc2S(=O)(=O)C12CC2. The minimum absolute atomic E-state index is 0.201. The predicted octanol–water partition coefficient (Wildman–Crippen LogP) is 1.19. The first-order chi connectivity index (χ1) is 6.59. The molecule has 0 aromatic heterocycles. The third-order valence-corrected chi connectivity index (χ3v) is 5.61. The van der Waals surface area contributed by atoms with Crippen molar-refractivity contribution in [3.8, 4) is 0 Å². The van der Waals surface area contributed by atoms with Gasteiger partial charge in [0.05, 0.1) is 4.90 Å². The van der Waals surface area contributed by atoms with Crippen molar-refractivity contribution >= 4 is 15.6 Å². The molecule has 0 unspecified atom stereocenters. The molecule has 0 radical (unpaired) electrons. The molecular formula is C10H8O3S. The van der Waals surface area contributed by atoms with Gasteiger partial charge in [0.15, 0.2) is 15.6 Å². The molecule has 0 saturated heterocycles. The van der Waals surface area contributed by atoms with E-state index in [0.717, 1.165) is 0 Å². The zero-order valence-electron chi connectivity index (χ0n) is 7.36. The van der Waals surface area contributed by atoms with Crippen LogP contribution in [0.2, 0.25) is 0 Å². The Bertz CT molecular complexity index is 538. The highest BCUT2D eigenvalue weighted by molar-refractivity contribution is 7.94. The Morgan fingerprint density at radius 1 is 1.14 bits per heavy atom. The van der Waals surface area contributed by atoms with Crippen LogP contribution in [0, 0.1) is 0 Å². The largest absolute Gasteiger partial charge is 0.292 e. The molecule has 0 bridgehead atoms. The van der Waals surface area contributed by atoms with Gasteiger partial charge in [0.1, 0.15) is 4.75 Å². The Labute approximate surface area is 81.7 Å². The summed E-state index contributed by atoms with van der Waals surface area (Å²) in [6.07, 6.45) is 0.978. The second-order valence-electron chi connectivity index (χ2n) is 3.82. The fourth-order valence-corrected chi connectivity index (χ4v) is 4.20. The van der Waals surface area contributed by atoms with E-state index in [2.05, 4.69) is 0 Å². The number of benzene rings is 1. The number of hydrogen-bond donors (Lipinski definition) is 0. The number of carbonyl (C=O) groups is 1. The van der Waals surface area contributed by atoms with Gasteiger partial charge in [-0.3, -0.25) is 4.79 Å². The lowest BCUT2D eigenvalue weighted by molar-refractivity contribution is 0.0982. The van der Waals surface area contributed by atoms with Gasteiger partial charge in [-0.15, -0.1) is 0 Å². The molecule has 0 N–H and O–H groups in total. The molecule has 0 amide bonds. The molecule has 14 heavy (non-hydrogen) atoms. The molecule has 3 rings (SSSR count). The van der Waals surface area contributed by atoms with Gasteiger partial charge in [0.2, 0.25) is 0 Å². The monoisotopic (exact) mass is 208 g/mol. The van der Waals surface area contributed by atoms with Crippen molar-refractivity contribution in [3.05, 3.63) is 29.8 Å². The van der Waals surface area contributed by atoms with Crippen molar-refractivity contribution in [2.45, 2.75) is 22.5 Å². The number of ketones is 1. The number of hydrogen-bond acceptors (Lipinski definition) is 3. The van der Waals surface area contributed by atoms with Crippen LogP contribution in [-0.2, 0) is 9.84 Å². The van der Waals surface area contributed by atoms with E-state index >= 15 is 0 Å². The van der Waals surface area contributed by atoms with Gasteiger partial charge in [-0.2, -0.15) is 0 Å². The molecule has 1 saturated carbocycles. The van der Waals surface area contributed by atoms with Crippen LogP contribution in [0.4, 0.5) is 0 Å². The Morgan fingerprint density at radius 2 is 1.79 bits per heavy atom. The van der Waals surface area contributed by atoms with Crippen molar-refractivity contribution < 1.29 is 13.2 Å². The Hall–Kier alpha value is -1.16. The summed E-state index contributed by atoms with van der Waals surface area (Å²) in [5, 5.41) is 0. The van der Waals surface area contributed by atoms with E-state index in [4.69, 9.17) is 0 Å². The fourth-order valence-electron chi connectivity index (χ4n) is 2.08. The Morgan fingerprint density at radius 3 is 2.36 bits per heavy atom. The molecule has 1 fully saturated rings. The number of fused-ring (bicyclic) bond motifs is 1. The molecule has 1 aliphatic carbocycles. The molecule has 1 spiro atoms. The highest BCUT2D eigenvalue weighted by Crippen LogP contribution is 2.54. The molecule has 1 aromatic carbocycles. The average Bonchev–Trinajstić information content (AvgIpc) is 2.95. The molecule has 4 heteroatoms. The van der Waals surface area contributed by atoms with Crippen molar-refractivity contribution in [1.82, 2.24) is 0 Å². The zero-order valence-corrected chi connectivity index (χ0v) is 8.17. The van der Waals surface area contributed by atoms with E-state index in [1.165, 1.54) is 6.07 Å². The van der Waals surface area contributed by atoms with E-state index < -0.39 is 14.6 Å².